The minimum Gasteiger partial charge on any atom is -0.494 e. The summed E-state index contributed by atoms with van der Waals surface area (Å²) >= 11 is 1.59. The van der Waals surface area contributed by atoms with Crippen LogP contribution in [-0.4, -0.2) is 7.11 Å². The fourth-order valence-electron chi connectivity index (χ4n) is 1.84. The van der Waals surface area contributed by atoms with Gasteiger partial charge in [-0.25, -0.2) is 4.39 Å². The van der Waals surface area contributed by atoms with Gasteiger partial charge >= 0.3 is 0 Å². The van der Waals surface area contributed by atoms with Gasteiger partial charge in [0.2, 0.25) is 0 Å². The van der Waals surface area contributed by atoms with Crippen LogP contribution in [0.1, 0.15) is 17.2 Å². The second-order valence-electron chi connectivity index (χ2n) is 3.91. The Morgan fingerprint density at radius 2 is 2.28 bits per heavy atom. The summed E-state index contributed by atoms with van der Waals surface area (Å²) in [6.45, 7) is 0. The van der Waals surface area contributed by atoms with E-state index in [0.717, 1.165) is 5.56 Å². The van der Waals surface area contributed by atoms with E-state index in [1.165, 1.54) is 7.11 Å². The number of benzene rings is 1. The van der Waals surface area contributed by atoms with Crippen LogP contribution >= 0.6 is 11.3 Å². The van der Waals surface area contributed by atoms with E-state index in [-0.39, 0.29) is 17.6 Å². The van der Waals surface area contributed by atoms with Crippen LogP contribution in [0, 0.1) is 5.82 Å². The molecule has 2 rings (SSSR count). The van der Waals surface area contributed by atoms with Crippen molar-refractivity contribution in [1.82, 2.24) is 5.43 Å². The Hall–Kier alpha value is -1.43. The summed E-state index contributed by atoms with van der Waals surface area (Å²) in [5.74, 6) is 5.47. The quantitative estimate of drug-likeness (QED) is 0.646. The average molecular weight is 266 g/mol. The van der Waals surface area contributed by atoms with Gasteiger partial charge in [-0.15, -0.1) is 0 Å². The smallest absolute Gasteiger partial charge is 0.168 e. The lowest BCUT2D eigenvalue weighted by Crippen LogP contribution is -2.29. The normalized spacial score (nSPS) is 12.4. The number of hydrazine groups is 1. The lowest BCUT2D eigenvalue weighted by atomic mass is 10.0. The van der Waals surface area contributed by atoms with Gasteiger partial charge in [0.05, 0.1) is 13.2 Å². The van der Waals surface area contributed by atoms with Crippen molar-refractivity contribution in [3.8, 4) is 5.75 Å². The van der Waals surface area contributed by atoms with Crippen LogP contribution in [0.25, 0.3) is 0 Å². The molecule has 1 aromatic heterocycles. The van der Waals surface area contributed by atoms with Crippen molar-refractivity contribution in [2.75, 3.05) is 7.11 Å². The molecule has 0 aliphatic heterocycles. The monoisotopic (exact) mass is 266 g/mol. The number of nitrogens with two attached hydrogens (primary N) is 1. The van der Waals surface area contributed by atoms with Crippen LogP contribution in [0.15, 0.2) is 35.0 Å². The molecule has 96 valence electrons. The van der Waals surface area contributed by atoms with Crippen LogP contribution < -0.4 is 16.0 Å². The van der Waals surface area contributed by atoms with E-state index in [0.29, 0.717) is 12.0 Å². The van der Waals surface area contributed by atoms with Crippen LogP contribution in [0.3, 0.4) is 0 Å². The maximum absolute atomic E-state index is 14.0. The first-order valence-electron chi connectivity index (χ1n) is 5.56. The zero-order valence-corrected chi connectivity index (χ0v) is 10.8. The van der Waals surface area contributed by atoms with Crippen LogP contribution in [0.5, 0.6) is 5.75 Å². The number of ether oxygens (including phenoxy) is 1. The Labute approximate surface area is 109 Å². The van der Waals surface area contributed by atoms with Gasteiger partial charge in [-0.05, 0) is 40.4 Å². The van der Waals surface area contributed by atoms with Crippen molar-refractivity contribution in [2.45, 2.75) is 12.5 Å². The van der Waals surface area contributed by atoms with E-state index in [4.69, 9.17) is 10.6 Å². The molecule has 0 bridgehead atoms. The van der Waals surface area contributed by atoms with Crippen molar-refractivity contribution in [2.24, 2.45) is 5.84 Å². The van der Waals surface area contributed by atoms with Gasteiger partial charge in [-0.2, -0.15) is 11.3 Å². The number of hydrogen-bond donors (Lipinski definition) is 2. The average Bonchev–Trinajstić information content (AvgIpc) is 2.91. The standard InChI is InChI=1S/C13H15FN2OS/c1-17-12-4-2-3-9(13(12)14)7-11(16-15)10-5-6-18-8-10/h2-6,8,11,16H,7,15H2,1H3. The molecular weight excluding hydrogens is 251 g/mol. The Morgan fingerprint density at radius 3 is 2.89 bits per heavy atom. The molecule has 18 heavy (non-hydrogen) atoms. The lowest BCUT2D eigenvalue weighted by molar-refractivity contribution is 0.382. The van der Waals surface area contributed by atoms with Crippen molar-refractivity contribution < 1.29 is 9.13 Å². The molecule has 3 N–H and O–H groups in total. The SMILES string of the molecule is COc1cccc(CC(NN)c2ccsc2)c1F. The van der Waals surface area contributed by atoms with Gasteiger partial charge in [0.15, 0.2) is 11.6 Å². The molecule has 5 heteroatoms. The maximum atomic E-state index is 14.0. The van der Waals surface area contributed by atoms with Crippen molar-refractivity contribution >= 4 is 11.3 Å². The molecule has 0 amide bonds. The van der Waals surface area contributed by atoms with Crippen molar-refractivity contribution in [3.63, 3.8) is 0 Å². The van der Waals surface area contributed by atoms with Crippen LogP contribution in [0.2, 0.25) is 0 Å². The van der Waals surface area contributed by atoms with E-state index in [2.05, 4.69) is 5.43 Å². The first kappa shape index (κ1) is 13.0. The van der Waals surface area contributed by atoms with Gasteiger partial charge in [0, 0.05) is 0 Å². The summed E-state index contributed by atoms with van der Waals surface area (Å²) < 4.78 is 19.0. The molecule has 1 heterocycles. The summed E-state index contributed by atoms with van der Waals surface area (Å²) in [6.07, 6.45) is 0.482. The topological polar surface area (TPSA) is 47.3 Å². The highest BCUT2D eigenvalue weighted by atomic mass is 32.1. The van der Waals surface area contributed by atoms with E-state index in [9.17, 15) is 4.39 Å². The predicted octanol–water partition coefficient (Wildman–Crippen LogP) is 2.64. The molecule has 2 aromatic rings. The lowest BCUT2D eigenvalue weighted by Gasteiger charge is -2.16. The first-order valence-corrected chi connectivity index (χ1v) is 6.50. The van der Waals surface area contributed by atoms with Crippen LogP contribution in [-0.2, 0) is 6.42 Å². The first-order chi connectivity index (χ1) is 8.76. The van der Waals surface area contributed by atoms with Crippen molar-refractivity contribution in [3.05, 3.63) is 52.0 Å². The Bertz CT molecular complexity index is 502. The number of rotatable bonds is 5. The number of thiophene rings is 1. The van der Waals surface area contributed by atoms with E-state index < -0.39 is 0 Å². The largest absolute Gasteiger partial charge is 0.494 e. The minimum atomic E-state index is -0.324. The van der Waals surface area contributed by atoms with Gasteiger partial charge in [0.25, 0.3) is 0 Å². The molecule has 1 unspecified atom stereocenters. The highest BCUT2D eigenvalue weighted by Crippen LogP contribution is 2.25. The molecule has 0 aliphatic carbocycles. The zero-order chi connectivity index (χ0) is 13.0. The second-order valence-corrected chi connectivity index (χ2v) is 4.69. The van der Waals surface area contributed by atoms with E-state index in [1.54, 1.807) is 29.5 Å². The zero-order valence-electron chi connectivity index (χ0n) is 10.0. The minimum absolute atomic E-state index is 0.0992. The van der Waals surface area contributed by atoms with Gasteiger partial charge < -0.3 is 4.74 Å². The highest BCUT2D eigenvalue weighted by molar-refractivity contribution is 7.07. The maximum Gasteiger partial charge on any atom is 0.168 e. The Morgan fingerprint density at radius 1 is 1.44 bits per heavy atom. The Kier molecular flexibility index (Phi) is 4.30. The van der Waals surface area contributed by atoms with Gasteiger partial charge in [0.1, 0.15) is 0 Å². The molecule has 0 saturated heterocycles. The Balaban J connectivity index is 2.22. The number of halogens is 1. The summed E-state index contributed by atoms with van der Waals surface area (Å²) in [6, 6.07) is 7.01. The highest BCUT2D eigenvalue weighted by Gasteiger charge is 2.15. The molecule has 0 aliphatic rings. The predicted molar refractivity (Wildman–Crippen MR) is 71.0 cm³/mol. The summed E-state index contributed by atoms with van der Waals surface area (Å²) in [5.41, 5.74) is 4.36. The fraction of sp³-hybridized carbons (Fsp3) is 0.231. The second kappa shape index (κ2) is 5.95. The summed E-state index contributed by atoms with van der Waals surface area (Å²) in [5, 5.41) is 3.98. The molecule has 3 nitrogen and oxygen atoms in total. The molecule has 1 atom stereocenters. The number of methoxy groups -OCH3 is 1. The van der Waals surface area contributed by atoms with Crippen molar-refractivity contribution in [1.29, 1.82) is 0 Å². The third kappa shape index (κ3) is 2.69. The van der Waals surface area contributed by atoms with E-state index >= 15 is 0 Å². The fourth-order valence-corrected chi connectivity index (χ4v) is 2.55. The molecule has 0 spiro atoms. The summed E-state index contributed by atoms with van der Waals surface area (Å²) in [7, 11) is 1.46. The third-order valence-corrected chi connectivity index (χ3v) is 3.54. The molecular formula is C13H15FN2OS. The number of hydrogen-bond acceptors (Lipinski definition) is 4. The van der Waals surface area contributed by atoms with Gasteiger partial charge in [-0.1, -0.05) is 12.1 Å². The third-order valence-electron chi connectivity index (χ3n) is 2.83. The van der Waals surface area contributed by atoms with Crippen LogP contribution in [0.4, 0.5) is 4.39 Å². The molecule has 0 radical (unpaired) electrons. The van der Waals surface area contributed by atoms with E-state index in [1.807, 2.05) is 16.8 Å². The summed E-state index contributed by atoms with van der Waals surface area (Å²) in [4.78, 5) is 0. The molecule has 0 fully saturated rings. The number of nitrogens with one attached hydrogen (secondary N) is 1. The molecule has 1 aromatic carbocycles. The van der Waals surface area contributed by atoms with Gasteiger partial charge in [-0.3, -0.25) is 11.3 Å². The molecule has 0 saturated carbocycles.